The monoisotopic (exact) mass is 1020 g/mol. The molecule has 0 amide bonds. The summed E-state index contributed by atoms with van der Waals surface area (Å²) in [6.07, 6.45) is 11.1. The molecule has 1 heterocycles. The van der Waals surface area contributed by atoms with Gasteiger partial charge in [-0.3, -0.25) is 0 Å². The van der Waals surface area contributed by atoms with Crippen LogP contribution in [0.3, 0.4) is 0 Å². The average molecular weight is 1020 g/mol. The summed E-state index contributed by atoms with van der Waals surface area (Å²) in [7, 11) is 18.5. The first-order valence-electron chi connectivity index (χ1n) is 25.1. The Labute approximate surface area is 414 Å². The topological polar surface area (TPSA) is 0 Å². The summed E-state index contributed by atoms with van der Waals surface area (Å²) in [5.41, 5.74) is 23.5. The number of fused-ring (bicyclic) bond motifs is 5. The van der Waals surface area contributed by atoms with Gasteiger partial charge in [0.1, 0.15) is 0 Å². The van der Waals surface area contributed by atoms with E-state index in [4.69, 9.17) is 0 Å². The molecule has 68 heavy (non-hydrogen) atoms. The molecule has 0 radical (unpaired) electrons. The molecule has 2 unspecified atom stereocenters. The van der Waals surface area contributed by atoms with Crippen molar-refractivity contribution < 1.29 is 16.4 Å². The zero-order valence-corrected chi connectivity index (χ0v) is 45.1. The third-order valence-electron chi connectivity index (χ3n) is 15.6. The molecule has 8 aromatic rings. The van der Waals surface area contributed by atoms with Crippen LogP contribution in [0.5, 0.6) is 0 Å². The summed E-state index contributed by atoms with van der Waals surface area (Å²) < 4.78 is 0.708. The van der Waals surface area contributed by atoms with Gasteiger partial charge in [-0.2, -0.15) is 0 Å². The molecule has 0 aromatic heterocycles. The minimum atomic E-state index is -6.03. The van der Waals surface area contributed by atoms with Crippen LogP contribution in [0.25, 0.3) is 56.7 Å². The number of hydrogen-bond acceptors (Lipinski definition) is 0. The number of hydrogen-bond donors (Lipinski definition) is 0. The summed E-state index contributed by atoms with van der Waals surface area (Å²) in [5.74, 6) is 0. The summed E-state index contributed by atoms with van der Waals surface area (Å²) in [5, 5.41) is 2.91. The third kappa shape index (κ3) is 7.23. The molecule has 0 saturated heterocycles. The molecule has 0 N–H and O–H groups in total. The first kappa shape index (κ1) is 45.4. The van der Waals surface area contributed by atoms with E-state index in [2.05, 4.69) is 216 Å². The van der Waals surface area contributed by atoms with Crippen molar-refractivity contribution in [2.75, 3.05) is 0 Å². The molecule has 0 nitrogen and oxygen atoms in total. The van der Waals surface area contributed by atoms with E-state index in [9.17, 15) is 17.0 Å². The van der Waals surface area contributed by atoms with E-state index in [0.717, 1.165) is 38.5 Å². The Balaban J connectivity index is 1.30. The van der Waals surface area contributed by atoms with Crippen LogP contribution in [0.4, 0.5) is 0 Å². The van der Waals surface area contributed by atoms with Crippen molar-refractivity contribution in [1.82, 2.24) is 0 Å². The van der Waals surface area contributed by atoms with E-state index in [0.29, 0.717) is 0 Å². The molecule has 3 aliphatic rings. The van der Waals surface area contributed by atoms with Crippen molar-refractivity contribution in [2.24, 2.45) is 0 Å². The van der Waals surface area contributed by atoms with Crippen molar-refractivity contribution in [3.05, 3.63) is 232 Å². The number of benzene rings is 8. The van der Waals surface area contributed by atoms with Gasteiger partial charge in [0.2, 0.25) is 0 Å². The number of halogens is 2. The van der Waals surface area contributed by atoms with Gasteiger partial charge in [0, 0.05) is 0 Å². The van der Waals surface area contributed by atoms with Crippen LogP contribution < -0.4 is 13.6 Å². The maximum atomic E-state index is 9.74. The second-order valence-electron chi connectivity index (χ2n) is 19.3. The molecule has 337 valence electrons. The van der Waals surface area contributed by atoms with Gasteiger partial charge in [-0.1, -0.05) is 0 Å². The Morgan fingerprint density at radius 3 is 1.35 bits per heavy atom. The molecule has 0 spiro atoms. The normalized spacial score (nSPS) is 16.6. The van der Waals surface area contributed by atoms with Gasteiger partial charge >= 0.3 is 418 Å². The fourth-order valence-electron chi connectivity index (χ4n) is 12.7. The first-order valence-corrected chi connectivity index (χ1v) is 36.9. The second kappa shape index (κ2) is 18.3. The molecule has 11 rings (SSSR count). The SMILES string of the molecule is CCCc1ccc2c(c1-c1ccccc1CC)C=C(c1ccccc1)[CH]2[Zr]([Cl])([Cl])([c]1cccc2c1[SiH2]c1ccccc1-2)[CH]1C(c2ccccc2)=Cc2c1ccc(CCC)c2-c1ccccc1CC. The standard InChI is InChI=1S/2C26H25.C12H9Si.2ClH.Zr/c2*1-3-10-21-15-16-22-17-23(20-12-6-5-7-13-20)18-25(22)26(21)24-14-9-8-11-19(24)4-2;1-3-7-11-9(5-1)10-6-2-4-8-12(10)13-11;;;/h2*5-9,11-18H,3-4,10H2,1-2H3;1-7H,13H2;2*1H;/q;;;;;+2/p-2. The van der Waals surface area contributed by atoms with Gasteiger partial charge in [-0.05, 0) is 0 Å². The predicted octanol–water partition coefficient (Wildman–Crippen LogP) is 15.4. The van der Waals surface area contributed by atoms with Gasteiger partial charge in [0.05, 0.1) is 0 Å². The zero-order valence-electron chi connectivity index (χ0n) is 39.8. The van der Waals surface area contributed by atoms with E-state index >= 15 is 0 Å². The van der Waals surface area contributed by atoms with Crippen LogP contribution in [-0.2, 0) is 42.1 Å². The van der Waals surface area contributed by atoms with E-state index in [1.165, 1.54) is 114 Å². The van der Waals surface area contributed by atoms with Gasteiger partial charge in [-0.15, -0.1) is 0 Å². The summed E-state index contributed by atoms with van der Waals surface area (Å²) in [6.45, 7) is 9.18. The molecular formula is C64H59Cl2SiZr. The maximum absolute atomic E-state index is 9.74. The Hall–Kier alpha value is -5.08. The Bertz CT molecular complexity index is 3140. The van der Waals surface area contributed by atoms with Crippen LogP contribution in [0.15, 0.2) is 176 Å². The van der Waals surface area contributed by atoms with Crippen molar-refractivity contribution in [1.29, 1.82) is 0 Å². The van der Waals surface area contributed by atoms with E-state index < -0.39 is 25.9 Å². The zero-order chi connectivity index (χ0) is 46.6. The number of aryl methyl sites for hydroxylation is 4. The molecule has 2 aliphatic carbocycles. The van der Waals surface area contributed by atoms with Crippen LogP contribution >= 0.6 is 17.0 Å². The first-order chi connectivity index (χ1) is 33.3. The van der Waals surface area contributed by atoms with Crippen LogP contribution in [0.1, 0.15) is 103 Å². The fourth-order valence-corrected chi connectivity index (χ4v) is 39.7. The third-order valence-corrected chi connectivity index (χ3v) is 38.1. The van der Waals surface area contributed by atoms with Crippen molar-refractivity contribution in [3.8, 4) is 33.4 Å². The van der Waals surface area contributed by atoms with Crippen LogP contribution in [0.2, 0.25) is 0 Å². The molecule has 1 aliphatic heterocycles. The Kier molecular flexibility index (Phi) is 12.2. The van der Waals surface area contributed by atoms with E-state index in [1.54, 1.807) is 0 Å². The second-order valence-corrected chi connectivity index (χ2v) is 41.8. The molecule has 4 heteroatoms. The quantitative estimate of drug-likeness (QED) is 0.101. The van der Waals surface area contributed by atoms with Crippen LogP contribution in [-0.4, -0.2) is 9.52 Å². The summed E-state index contributed by atoms with van der Waals surface area (Å²) in [6, 6.07) is 66.3. The van der Waals surface area contributed by atoms with Gasteiger partial charge in [0.15, 0.2) is 0 Å². The minimum absolute atomic E-state index is 0.269. The Morgan fingerprint density at radius 1 is 0.426 bits per heavy atom. The fraction of sp³-hybridized carbons (Fsp3) is 0.188. The van der Waals surface area contributed by atoms with Crippen LogP contribution in [0, 0.1) is 0 Å². The molecule has 0 bridgehead atoms. The Morgan fingerprint density at radius 2 is 0.868 bits per heavy atom. The summed E-state index contributed by atoms with van der Waals surface area (Å²) in [4.78, 5) is 0. The summed E-state index contributed by atoms with van der Waals surface area (Å²) >= 11 is -6.03. The molecule has 8 aromatic carbocycles. The van der Waals surface area contributed by atoms with Gasteiger partial charge in [-0.25, -0.2) is 0 Å². The molecule has 0 fully saturated rings. The molecule has 2 atom stereocenters. The van der Waals surface area contributed by atoms with E-state index in [1.807, 2.05) is 0 Å². The predicted molar refractivity (Wildman–Crippen MR) is 296 cm³/mol. The van der Waals surface area contributed by atoms with E-state index in [-0.39, 0.29) is 7.25 Å². The molecule has 0 saturated carbocycles. The van der Waals surface area contributed by atoms with Gasteiger partial charge in [0.25, 0.3) is 0 Å². The van der Waals surface area contributed by atoms with Crippen molar-refractivity contribution >= 4 is 63.5 Å². The number of rotatable bonds is 13. The molecular weight excluding hydrogens is 959 g/mol. The average Bonchev–Trinajstić information content (AvgIpc) is 4.10. The van der Waals surface area contributed by atoms with Crippen molar-refractivity contribution in [3.63, 3.8) is 0 Å². The van der Waals surface area contributed by atoms with Gasteiger partial charge < -0.3 is 0 Å². The van der Waals surface area contributed by atoms with Crippen molar-refractivity contribution in [2.45, 2.75) is 73.5 Å². The number of allylic oxidation sites excluding steroid dienone is 2.